The zero-order valence-electron chi connectivity index (χ0n) is 9.64. The molecule has 0 spiro atoms. The monoisotopic (exact) mass is 348 g/mol. The Morgan fingerprint density at radius 1 is 1.00 bits per heavy atom. The molecule has 5 heteroatoms. The highest BCUT2D eigenvalue weighted by Crippen LogP contribution is 2.31. The van der Waals surface area contributed by atoms with E-state index in [0.717, 1.165) is 0 Å². The third-order valence-electron chi connectivity index (χ3n) is 2.75. The largest absolute Gasteiger partial charge is 0.207 e. The summed E-state index contributed by atoms with van der Waals surface area (Å²) in [5.74, 6) is -1.72. The molecule has 0 aliphatic heterocycles. The van der Waals surface area contributed by atoms with E-state index in [1.54, 1.807) is 0 Å². The van der Waals surface area contributed by atoms with Crippen molar-refractivity contribution in [1.82, 2.24) is 0 Å². The highest BCUT2D eigenvalue weighted by molar-refractivity contribution is 9.09. The number of hydrogen-bond donors (Lipinski definition) is 0. The van der Waals surface area contributed by atoms with Crippen molar-refractivity contribution in [2.75, 3.05) is 0 Å². The van der Waals surface area contributed by atoms with E-state index in [1.165, 1.54) is 36.4 Å². The zero-order valence-corrected chi connectivity index (χ0v) is 12.0. The minimum atomic E-state index is -0.599. The maximum atomic E-state index is 13.5. The van der Waals surface area contributed by atoms with Gasteiger partial charge in [-0.3, -0.25) is 0 Å². The summed E-state index contributed by atoms with van der Waals surface area (Å²) in [7, 11) is 0. The van der Waals surface area contributed by atoms with Gasteiger partial charge < -0.3 is 0 Å². The fraction of sp³-hybridized carbons (Fsp3) is 0.143. The van der Waals surface area contributed by atoms with Crippen molar-refractivity contribution in [3.05, 3.63) is 70.0 Å². The Labute approximate surface area is 122 Å². The van der Waals surface area contributed by atoms with Crippen LogP contribution in [0.4, 0.5) is 13.2 Å². The summed E-state index contributed by atoms with van der Waals surface area (Å²) < 4.78 is 40.1. The van der Waals surface area contributed by atoms with Crippen LogP contribution in [-0.4, -0.2) is 0 Å². The van der Waals surface area contributed by atoms with E-state index in [1.807, 2.05) is 0 Å². The highest BCUT2D eigenvalue weighted by Gasteiger charge is 2.16. The fourth-order valence-electron chi connectivity index (χ4n) is 1.73. The van der Waals surface area contributed by atoms with Crippen LogP contribution in [-0.2, 0) is 6.42 Å². The van der Waals surface area contributed by atoms with E-state index in [-0.39, 0.29) is 21.8 Å². The molecule has 0 radical (unpaired) electrons. The molecule has 19 heavy (non-hydrogen) atoms. The Morgan fingerprint density at radius 3 is 2.21 bits per heavy atom. The number of rotatable bonds is 3. The predicted molar refractivity (Wildman–Crippen MR) is 73.1 cm³/mol. The van der Waals surface area contributed by atoms with Gasteiger partial charge in [0.1, 0.15) is 17.5 Å². The quantitative estimate of drug-likeness (QED) is 0.648. The molecule has 2 rings (SSSR count). The lowest BCUT2D eigenvalue weighted by molar-refractivity contribution is 0.554. The Balaban J connectivity index is 2.25. The van der Waals surface area contributed by atoms with Crippen LogP contribution in [0.25, 0.3) is 0 Å². The maximum absolute atomic E-state index is 13.5. The summed E-state index contributed by atoms with van der Waals surface area (Å²) in [6, 6.07) is 7.91. The van der Waals surface area contributed by atoms with Crippen LogP contribution in [0.1, 0.15) is 16.0 Å². The molecule has 0 saturated carbocycles. The second kappa shape index (κ2) is 5.97. The average Bonchev–Trinajstić information content (AvgIpc) is 2.37. The molecule has 0 amide bonds. The fourth-order valence-corrected chi connectivity index (χ4v) is 2.53. The second-order valence-electron chi connectivity index (χ2n) is 4.05. The molecule has 0 heterocycles. The smallest absolute Gasteiger partial charge is 0.141 e. The van der Waals surface area contributed by atoms with E-state index >= 15 is 0 Å². The number of hydrogen-bond acceptors (Lipinski definition) is 0. The van der Waals surface area contributed by atoms with E-state index in [2.05, 4.69) is 15.9 Å². The first-order chi connectivity index (χ1) is 8.99. The van der Waals surface area contributed by atoms with Crippen molar-refractivity contribution in [1.29, 1.82) is 0 Å². The first-order valence-corrected chi connectivity index (χ1v) is 6.80. The molecule has 0 N–H and O–H groups in total. The minimum absolute atomic E-state index is 0.00942. The van der Waals surface area contributed by atoms with Gasteiger partial charge in [0.2, 0.25) is 0 Å². The van der Waals surface area contributed by atoms with Crippen LogP contribution < -0.4 is 0 Å². The van der Waals surface area contributed by atoms with Gasteiger partial charge in [-0.05, 0) is 36.2 Å². The Hall–Kier alpha value is -1.00. The van der Waals surface area contributed by atoms with Gasteiger partial charge in [-0.2, -0.15) is 0 Å². The summed E-state index contributed by atoms with van der Waals surface area (Å²) in [5.41, 5.74) is 0.652. The van der Waals surface area contributed by atoms with Gasteiger partial charge in [0, 0.05) is 10.4 Å². The number of alkyl halides is 1. The first kappa shape index (κ1) is 14.4. The Morgan fingerprint density at radius 2 is 1.63 bits per heavy atom. The molecule has 1 atom stereocenters. The van der Waals surface area contributed by atoms with Crippen LogP contribution in [0.2, 0.25) is 5.02 Å². The van der Waals surface area contributed by atoms with Crippen molar-refractivity contribution in [2.45, 2.75) is 11.2 Å². The molecule has 2 aromatic rings. The maximum Gasteiger partial charge on any atom is 0.141 e. The lowest BCUT2D eigenvalue weighted by atomic mass is 10.0. The topological polar surface area (TPSA) is 0 Å². The first-order valence-electron chi connectivity index (χ1n) is 5.51. The Bertz CT molecular complexity index is 581. The molecule has 100 valence electrons. The van der Waals surface area contributed by atoms with Crippen LogP contribution in [0.3, 0.4) is 0 Å². The van der Waals surface area contributed by atoms with Gasteiger partial charge in [-0.25, -0.2) is 13.2 Å². The van der Waals surface area contributed by atoms with Gasteiger partial charge in [0.05, 0.1) is 5.02 Å². The summed E-state index contributed by atoms with van der Waals surface area (Å²) in [5, 5.41) is -0.0176. The molecule has 0 aliphatic carbocycles. The standard InChI is InChI=1S/C14H9BrClF3/c15-10(8-4-5-14(19)11(16)6-8)7-9-12(17)2-1-3-13(9)18/h1-6,10H,7H2. The third kappa shape index (κ3) is 3.31. The van der Waals surface area contributed by atoms with Gasteiger partial charge in [0.15, 0.2) is 0 Å². The van der Waals surface area contributed by atoms with Crippen molar-refractivity contribution < 1.29 is 13.2 Å². The normalized spacial score (nSPS) is 12.5. The zero-order chi connectivity index (χ0) is 14.0. The van der Waals surface area contributed by atoms with Crippen LogP contribution >= 0.6 is 27.5 Å². The van der Waals surface area contributed by atoms with Crippen LogP contribution in [0.5, 0.6) is 0 Å². The summed E-state index contributed by atoms with van der Waals surface area (Å²) in [4.78, 5) is -0.350. The average molecular weight is 350 g/mol. The van der Waals surface area contributed by atoms with Crippen molar-refractivity contribution in [2.24, 2.45) is 0 Å². The van der Waals surface area contributed by atoms with E-state index in [4.69, 9.17) is 11.6 Å². The predicted octanol–water partition coefficient (Wildman–Crippen LogP) is 5.44. The third-order valence-corrected chi connectivity index (χ3v) is 3.89. The summed E-state index contributed by atoms with van der Waals surface area (Å²) >= 11 is 9.01. The molecular weight excluding hydrogens is 341 g/mol. The van der Waals surface area contributed by atoms with Gasteiger partial charge >= 0.3 is 0 Å². The Kier molecular flexibility index (Phi) is 4.53. The van der Waals surface area contributed by atoms with Crippen LogP contribution in [0, 0.1) is 17.5 Å². The molecule has 0 aromatic heterocycles. The molecule has 0 nitrogen and oxygen atoms in total. The molecule has 1 unspecified atom stereocenters. The van der Waals surface area contributed by atoms with E-state index in [9.17, 15) is 13.2 Å². The molecule has 0 saturated heterocycles. The molecular formula is C14H9BrClF3. The lowest BCUT2D eigenvalue weighted by Crippen LogP contribution is -2.01. The van der Waals surface area contributed by atoms with E-state index in [0.29, 0.717) is 5.56 Å². The highest BCUT2D eigenvalue weighted by atomic mass is 79.9. The van der Waals surface area contributed by atoms with Gasteiger partial charge in [-0.1, -0.05) is 39.7 Å². The van der Waals surface area contributed by atoms with Crippen molar-refractivity contribution in [3.8, 4) is 0 Å². The lowest BCUT2D eigenvalue weighted by Gasteiger charge is -2.12. The molecule has 0 aliphatic rings. The van der Waals surface area contributed by atoms with E-state index < -0.39 is 17.5 Å². The number of benzene rings is 2. The number of halogens is 5. The van der Waals surface area contributed by atoms with Crippen LogP contribution in [0.15, 0.2) is 36.4 Å². The molecule has 0 fully saturated rings. The van der Waals surface area contributed by atoms with Gasteiger partial charge in [-0.15, -0.1) is 0 Å². The summed E-state index contributed by atoms with van der Waals surface area (Å²) in [6.07, 6.45) is 0.112. The molecule has 2 aromatic carbocycles. The SMILES string of the molecule is Fc1ccc(C(Br)Cc2c(F)cccc2F)cc1Cl. The van der Waals surface area contributed by atoms with Gasteiger partial charge in [0.25, 0.3) is 0 Å². The van der Waals surface area contributed by atoms with Crippen molar-refractivity contribution >= 4 is 27.5 Å². The summed E-state index contributed by atoms with van der Waals surface area (Å²) in [6.45, 7) is 0. The second-order valence-corrected chi connectivity index (χ2v) is 5.56. The minimum Gasteiger partial charge on any atom is -0.207 e. The van der Waals surface area contributed by atoms with Crippen molar-refractivity contribution in [3.63, 3.8) is 0 Å². The molecule has 0 bridgehead atoms.